The van der Waals surface area contributed by atoms with Crippen molar-refractivity contribution in [1.82, 2.24) is 5.32 Å². The molecule has 29 heavy (non-hydrogen) atoms. The van der Waals surface area contributed by atoms with Crippen LogP contribution < -0.4 is 20.4 Å². The first-order valence-corrected chi connectivity index (χ1v) is 8.75. The molecule has 0 fully saturated rings. The second-order valence-electron chi connectivity index (χ2n) is 6.03. The van der Waals surface area contributed by atoms with Gasteiger partial charge in [0.2, 0.25) is 0 Å². The molecule has 3 aromatic rings. The average molecular weight is 397 g/mol. The number of hydrogen-bond donors (Lipinski definition) is 1. The maximum Gasteiger partial charge on any atom is 0.344 e. The van der Waals surface area contributed by atoms with E-state index >= 15 is 0 Å². The van der Waals surface area contributed by atoms with Gasteiger partial charge in [0.15, 0.2) is 13.2 Å². The van der Waals surface area contributed by atoms with Crippen LogP contribution in [0.15, 0.2) is 63.8 Å². The van der Waals surface area contributed by atoms with Gasteiger partial charge in [0.25, 0.3) is 5.91 Å². The van der Waals surface area contributed by atoms with Crippen LogP contribution in [0.5, 0.6) is 11.5 Å². The minimum atomic E-state index is -0.698. The van der Waals surface area contributed by atoms with E-state index in [0.29, 0.717) is 17.1 Å². The van der Waals surface area contributed by atoms with Crippen LogP contribution in [0.4, 0.5) is 0 Å². The first-order valence-electron chi connectivity index (χ1n) is 8.75. The summed E-state index contributed by atoms with van der Waals surface area (Å²) in [7, 11) is 1.56. The van der Waals surface area contributed by atoms with Crippen LogP contribution >= 0.6 is 0 Å². The molecule has 1 N–H and O–H groups in total. The van der Waals surface area contributed by atoms with Gasteiger partial charge in [-0.1, -0.05) is 12.1 Å². The van der Waals surface area contributed by atoms with Crippen molar-refractivity contribution < 1.29 is 28.2 Å². The van der Waals surface area contributed by atoms with E-state index in [0.717, 1.165) is 10.9 Å². The molecule has 0 spiro atoms. The molecule has 0 aliphatic heterocycles. The van der Waals surface area contributed by atoms with Crippen LogP contribution in [-0.4, -0.2) is 32.2 Å². The molecule has 8 nitrogen and oxygen atoms in total. The van der Waals surface area contributed by atoms with Crippen molar-refractivity contribution in [1.29, 1.82) is 0 Å². The van der Waals surface area contributed by atoms with E-state index in [1.807, 2.05) is 12.1 Å². The lowest BCUT2D eigenvalue weighted by Crippen LogP contribution is -2.29. The topological polar surface area (TPSA) is 104 Å². The van der Waals surface area contributed by atoms with Crippen molar-refractivity contribution in [3.05, 3.63) is 70.6 Å². The highest BCUT2D eigenvalue weighted by Crippen LogP contribution is 2.19. The standard InChI is InChI=1S/C21H19NO7/c1-26-16-4-2-3-14(9-16)11-22-19(23)12-28-21(25)13-27-17-7-5-15-6-8-20(24)29-18(15)10-17/h2-10H,11-13H2,1H3,(H,22,23). The third kappa shape index (κ3) is 5.83. The van der Waals surface area contributed by atoms with Gasteiger partial charge in [-0.15, -0.1) is 0 Å². The summed E-state index contributed by atoms with van der Waals surface area (Å²) in [5, 5.41) is 3.38. The van der Waals surface area contributed by atoms with Crippen molar-refractivity contribution in [3.63, 3.8) is 0 Å². The Morgan fingerprint density at radius 2 is 1.83 bits per heavy atom. The largest absolute Gasteiger partial charge is 0.497 e. The van der Waals surface area contributed by atoms with E-state index in [1.165, 1.54) is 12.1 Å². The third-order valence-corrected chi connectivity index (χ3v) is 3.94. The molecule has 0 saturated carbocycles. The van der Waals surface area contributed by atoms with Gasteiger partial charge in [0.1, 0.15) is 17.1 Å². The lowest BCUT2D eigenvalue weighted by molar-refractivity contribution is -0.150. The number of nitrogens with one attached hydrogen (secondary N) is 1. The van der Waals surface area contributed by atoms with Crippen molar-refractivity contribution >= 4 is 22.8 Å². The molecule has 0 aliphatic rings. The Morgan fingerprint density at radius 1 is 1.00 bits per heavy atom. The van der Waals surface area contributed by atoms with Crippen LogP contribution in [0.1, 0.15) is 5.56 Å². The second-order valence-corrected chi connectivity index (χ2v) is 6.03. The highest BCUT2D eigenvalue weighted by Gasteiger charge is 2.09. The van der Waals surface area contributed by atoms with Gasteiger partial charge < -0.3 is 23.9 Å². The molecule has 0 radical (unpaired) electrons. The lowest BCUT2D eigenvalue weighted by Gasteiger charge is -2.09. The summed E-state index contributed by atoms with van der Waals surface area (Å²) >= 11 is 0. The van der Waals surface area contributed by atoms with Crippen molar-refractivity contribution in [2.45, 2.75) is 6.54 Å². The summed E-state index contributed by atoms with van der Waals surface area (Å²) in [6, 6.07) is 15.0. The van der Waals surface area contributed by atoms with E-state index in [4.69, 9.17) is 18.6 Å². The van der Waals surface area contributed by atoms with Crippen LogP contribution in [-0.2, 0) is 20.9 Å². The van der Waals surface area contributed by atoms with Gasteiger partial charge in [0.05, 0.1) is 7.11 Å². The molecule has 2 aromatic carbocycles. The number of benzene rings is 2. The quantitative estimate of drug-likeness (QED) is 0.458. The van der Waals surface area contributed by atoms with E-state index in [2.05, 4.69) is 5.32 Å². The van der Waals surface area contributed by atoms with E-state index in [1.54, 1.807) is 37.4 Å². The number of esters is 1. The maximum absolute atomic E-state index is 11.8. The van der Waals surface area contributed by atoms with Gasteiger partial charge in [-0.2, -0.15) is 0 Å². The first-order chi connectivity index (χ1) is 14.0. The molecule has 150 valence electrons. The Kier molecular flexibility index (Phi) is 6.47. The third-order valence-electron chi connectivity index (χ3n) is 3.94. The molecule has 8 heteroatoms. The first kappa shape index (κ1) is 19.9. The Balaban J connectivity index is 1.42. The molecule has 0 bridgehead atoms. The monoisotopic (exact) mass is 397 g/mol. The number of ether oxygens (including phenoxy) is 3. The maximum atomic E-state index is 11.8. The minimum absolute atomic E-state index is 0.284. The molecule has 3 rings (SSSR count). The Morgan fingerprint density at radius 3 is 2.66 bits per heavy atom. The fraction of sp³-hybridized carbons (Fsp3) is 0.190. The number of methoxy groups -OCH3 is 1. The van der Waals surface area contributed by atoms with Gasteiger partial charge in [0, 0.05) is 24.1 Å². The highest BCUT2D eigenvalue weighted by molar-refractivity contribution is 5.81. The second kappa shape index (κ2) is 9.41. The molecule has 0 saturated heterocycles. The van der Waals surface area contributed by atoms with Crippen LogP contribution in [0.3, 0.4) is 0 Å². The predicted octanol–water partition coefficient (Wildman–Crippen LogP) is 2.04. The van der Waals surface area contributed by atoms with E-state index < -0.39 is 24.1 Å². The molecule has 1 amide bonds. The van der Waals surface area contributed by atoms with Gasteiger partial charge >= 0.3 is 11.6 Å². The number of rotatable bonds is 8. The molecule has 0 unspecified atom stereocenters. The molecular weight excluding hydrogens is 378 g/mol. The molecule has 0 atom stereocenters. The summed E-state index contributed by atoms with van der Waals surface area (Å²) < 4.78 is 20.4. The van der Waals surface area contributed by atoms with Gasteiger partial charge in [-0.25, -0.2) is 9.59 Å². The minimum Gasteiger partial charge on any atom is -0.497 e. The molecule has 1 aromatic heterocycles. The summed E-state index contributed by atoms with van der Waals surface area (Å²) in [6.07, 6.45) is 0. The van der Waals surface area contributed by atoms with Crippen molar-refractivity contribution in [2.75, 3.05) is 20.3 Å². The summed E-state index contributed by atoms with van der Waals surface area (Å²) in [5.41, 5.74) is 0.727. The van der Waals surface area contributed by atoms with E-state index in [9.17, 15) is 14.4 Å². The van der Waals surface area contributed by atoms with Crippen LogP contribution in [0, 0.1) is 0 Å². The fourth-order valence-corrected chi connectivity index (χ4v) is 2.49. The number of fused-ring (bicyclic) bond motifs is 1. The SMILES string of the molecule is COc1cccc(CNC(=O)COC(=O)COc2ccc3ccc(=O)oc3c2)c1. The highest BCUT2D eigenvalue weighted by atomic mass is 16.6. The molecule has 0 aliphatic carbocycles. The van der Waals surface area contributed by atoms with Crippen LogP contribution in [0.2, 0.25) is 0 Å². The van der Waals surface area contributed by atoms with Crippen molar-refractivity contribution in [2.24, 2.45) is 0 Å². The Bertz CT molecular complexity index is 1070. The fourth-order valence-electron chi connectivity index (χ4n) is 2.49. The summed E-state index contributed by atoms with van der Waals surface area (Å²) in [6.45, 7) is -0.517. The zero-order chi connectivity index (χ0) is 20.6. The predicted molar refractivity (Wildman–Crippen MR) is 104 cm³/mol. The van der Waals surface area contributed by atoms with Gasteiger partial charge in [-0.05, 0) is 35.9 Å². The number of amides is 1. The smallest absolute Gasteiger partial charge is 0.344 e. The van der Waals surface area contributed by atoms with Gasteiger partial charge in [-0.3, -0.25) is 4.79 Å². The Labute approximate surface area is 166 Å². The van der Waals surface area contributed by atoms with Crippen molar-refractivity contribution in [3.8, 4) is 11.5 Å². The van der Waals surface area contributed by atoms with E-state index in [-0.39, 0.29) is 13.2 Å². The van der Waals surface area contributed by atoms with Crippen LogP contribution in [0.25, 0.3) is 11.0 Å². The molecular formula is C21H19NO7. The number of carbonyl (C=O) groups is 2. The molecule has 1 heterocycles. The number of hydrogen-bond acceptors (Lipinski definition) is 7. The summed E-state index contributed by atoms with van der Waals surface area (Å²) in [5.74, 6) is -0.107. The number of carbonyl (C=O) groups excluding carboxylic acids is 2. The average Bonchev–Trinajstić information content (AvgIpc) is 2.74. The normalized spacial score (nSPS) is 10.4. The zero-order valence-corrected chi connectivity index (χ0v) is 15.7. The lowest BCUT2D eigenvalue weighted by atomic mass is 10.2. The Hall–Kier alpha value is -3.81. The zero-order valence-electron chi connectivity index (χ0n) is 15.7. The summed E-state index contributed by atoms with van der Waals surface area (Å²) in [4.78, 5) is 34.9.